The largest absolute Gasteiger partial charge is 0.744 e. The Kier molecular flexibility index (Phi) is 14.0. The molecule has 62 heavy (non-hydrogen) atoms. The molecule has 0 spiro atoms. The van der Waals surface area contributed by atoms with Gasteiger partial charge in [-0.1, -0.05) is 118 Å². The van der Waals surface area contributed by atoms with Crippen molar-refractivity contribution < 1.29 is 17.4 Å². The number of aryl methyl sites for hydroxylation is 2. The van der Waals surface area contributed by atoms with Crippen molar-refractivity contribution in [2.45, 2.75) is 54.2 Å². The van der Waals surface area contributed by atoms with Crippen molar-refractivity contribution in [2.24, 2.45) is 0 Å². The van der Waals surface area contributed by atoms with Crippen molar-refractivity contribution in [3.8, 4) is 22.5 Å². The third kappa shape index (κ3) is 9.87. The van der Waals surface area contributed by atoms with Crippen LogP contribution in [0, 0.1) is 0 Å². The maximum absolute atomic E-state index is 12.9. The van der Waals surface area contributed by atoms with Crippen LogP contribution >= 0.6 is 23.5 Å². The molecule has 0 bridgehead atoms. The van der Waals surface area contributed by atoms with E-state index in [2.05, 4.69) is 145 Å². The molecular weight excluding hydrogens is 825 g/mol. The molecule has 1 aliphatic heterocycles. The first-order chi connectivity index (χ1) is 30.3. The molecule has 1 aliphatic carbocycles. The lowest BCUT2D eigenvalue weighted by molar-refractivity contribution is 0.463. The molecule has 0 saturated carbocycles. The zero-order valence-corrected chi connectivity index (χ0v) is 37.5. The molecular formula is C53H50N2O4S3. The van der Waals surface area contributed by atoms with Gasteiger partial charge in [0.25, 0.3) is 0 Å². The van der Waals surface area contributed by atoms with Crippen molar-refractivity contribution in [1.82, 2.24) is 4.58 Å². The zero-order valence-electron chi connectivity index (χ0n) is 35.1. The monoisotopic (exact) mass is 874 g/mol. The van der Waals surface area contributed by atoms with Gasteiger partial charge >= 0.3 is 0 Å². The summed E-state index contributed by atoms with van der Waals surface area (Å²) in [5.41, 5.74) is 8.07. The first-order valence-electron chi connectivity index (χ1n) is 21.3. The number of thioether (sulfide) groups is 2. The molecule has 2 aliphatic rings. The second kappa shape index (κ2) is 20.1. The fourth-order valence-electron chi connectivity index (χ4n) is 8.21. The predicted octanol–water partition coefficient (Wildman–Crippen LogP) is 12.8. The molecule has 314 valence electrons. The molecule has 6 aromatic carbocycles. The average Bonchev–Trinajstić information content (AvgIpc) is 3.29. The summed E-state index contributed by atoms with van der Waals surface area (Å²) in [5.74, 6) is 2.28. The minimum Gasteiger partial charge on any atom is -0.744 e. The fourth-order valence-corrected chi connectivity index (χ4v) is 10.6. The van der Waals surface area contributed by atoms with Crippen LogP contribution in [0.5, 0.6) is 0 Å². The van der Waals surface area contributed by atoms with E-state index in [-0.39, 0.29) is 4.90 Å². The number of benzene rings is 7. The highest BCUT2D eigenvalue weighted by Crippen LogP contribution is 2.44. The Morgan fingerprint density at radius 2 is 1.26 bits per heavy atom. The summed E-state index contributed by atoms with van der Waals surface area (Å²) < 4.78 is 48.0. The summed E-state index contributed by atoms with van der Waals surface area (Å²) in [7, 11) is -4.82. The Morgan fingerprint density at radius 1 is 0.629 bits per heavy atom. The van der Waals surface area contributed by atoms with Gasteiger partial charge in [0.05, 0.1) is 16.7 Å². The van der Waals surface area contributed by atoms with E-state index in [1.165, 1.54) is 27.0 Å². The highest BCUT2D eigenvalue weighted by Gasteiger charge is 2.24. The highest BCUT2D eigenvalue weighted by molar-refractivity contribution is 7.99. The fraction of sp³-hybridized carbons (Fsp3) is 0.189. The van der Waals surface area contributed by atoms with Crippen molar-refractivity contribution >= 4 is 61.7 Å². The van der Waals surface area contributed by atoms with Crippen LogP contribution in [0.2, 0.25) is 0 Å². The Hall–Kier alpha value is -5.58. The van der Waals surface area contributed by atoms with Gasteiger partial charge in [0.1, 0.15) is 21.5 Å². The number of fused-ring (bicyclic) bond motifs is 2. The van der Waals surface area contributed by atoms with Crippen molar-refractivity contribution in [1.29, 1.82) is 0 Å². The summed E-state index contributed by atoms with van der Waals surface area (Å²) >= 11 is 3.64. The predicted molar refractivity (Wildman–Crippen MR) is 258 cm³/mol. The van der Waals surface area contributed by atoms with E-state index in [1.54, 1.807) is 18.2 Å². The van der Waals surface area contributed by atoms with Crippen LogP contribution in [0.1, 0.15) is 37.8 Å². The molecule has 0 saturated heterocycles. The Bertz CT molecular complexity index is 2930. The van der Waals surface area contributed by atoms with Crippen LogP contribution in [0.15, 0.2) is 189 Å². The van der Waals surface area contributed by atoms with Gasteiger partial charge in [0.15, 0.2) is 6.54 Å². The molecule has 8 rings (SSSR count). The lowest BCUT2D eigenvalue weighted by Crippen LogP contribution is -2.28. The molecule has 0 radical (unpaired) electrons. The van der Waals surface area contributed by atoms with Gasteiger partial charge in [-0.25, -0.2) is 8.42 Å². The van der Waals surface area contributed by atoms with Crippen LogP contribution < -0.4 is 14.8 Å². The number of anilines is 2. The van der Waals surface area contributed by atoms with Crippen LogP contribution in [-0.2, 0) is 23.0 Å². The SMILES string of the molecule is CCCc1ccccc1N(CCSc1ccccc1)c1ccc2c(-c3ccccc3S(=O)(=O)[O-])c3ccc(=[N+](CCSc4ccccc4)c4ccccc4CCC)cc-3oc2c1. The molecule has 1 heterocycles. The lowest BCUT2D eigenvalue weighted by Gasteiger charge is -2.28. The second-order valence-corrected chi connectivity index (χ2v) is 18.9. The minimum atomic E-state index is -4.82. The summed E-state index contributed by atoms with van der Waals surface area (Å²) in [4.78, 5) is 4.53. The van der Waals surface area contributed by atoms with E-state index in [4.69, 9.17) is 4.42 Å². The van der Waals surface area contributed by atoms with Gasteiger partial charge in [-0.2, -0.15) is 4.58 Å². The highest BCUT2D eigenvalue weighted by atomic mass is 32.2. The van der Waals surface area contributed by atoms with E-state index in [0.29, 0.717) is 22.5 Å². The van der Waals surface area contributed by atoms with Crippen LogP contribution in [0.25, 0.3) is 33.4 Å². The molecule has 0 fully saturated rings. The smallest absolute Gasteiger partial charge is 0.209 e. The Morgan fingerprint density at radius 3 is 1.98 bits per heavy atom. The average molecular weight is 875 g/mol. The third-order valence-corrected chi connectivity index (χ3v) is 13.9. The standard InChI is InChI=1S/C53H50N2O4S3/c1-3-17-39-19-11-14-26-48(39)54(33-35-60-43-21-7-5-8-22-43)41-29-31-45-50(37-41)59-51-38-42(30-32-46(51)53(45)47-25-13-16-28-52(47)62(56,57)58)55(34-36-61-44-23-9-6-10-24-44)49-27-15-12-20-40(49)18-4-2/h5-16,19-32,37-38H,3-4,17-18,33-36H2,1-2H3. The lowest BCUT2D eigenvalue weighted by atomic mass is 9.93. The summed E-state index contributed by atoms with van der Waals surface area (Å²) in [6, 6.07) is 56.9. The molecule has 0 atom stereocenters. The van der Waals surface area contributed by atoms with Gasteiger partial charge < -0.3 is 13.9 Å². The van der Waals surface area contributed by atoms with Crippen molar-refractivity contribution in [3.05, 3.63) is 186 Å². The van der Waals surface area contributed by atoms with Crippen LogP contribution in [0.3, 0.4) is 0 Å². The number of para-hydroxylation sites is 2. The van der Waals surface area contributed by atoms with E-state index in [1.807, 2.05) is 47.8 Å². The molecule has 0 amide bonds. The molecule has 6 nitrogen and oxygen atoms in total. The van der Waals surface area contributed by atoms with Crippen molar-refractivity contribution in [3.63, 3.8) is 0 Å². The molecule has 0 unspecified atom stereocenters. The Labute approximate surface area is 374 Å². The molecule has 6 aromatic rings. The van der Waals surface area contributed by atoms with E-state index >= 15 is 0 Å². The number of hydrogen-bond acceptors (Lipinski definition) is 7. The Balaban J connectivity index is 1.34. The second-order valence-electron chi connectivity index (χ2n) is 15.2. The first kappa shape index (κ1) is 43.1. The molecule has 9 heteroatoms. The van der Waals surface area contributed by atoms with E-state index < -0.39 is 10.1 Å². The number of nitrogens with zero attached hydrogens (tertiary/aromatic N) is 2. The summed E-state index contributed by atoms with van der Waals surface area (Å²) in [6.45, 7) is 5.88. The quantitative estimate of drug-likeness (QED) is 0.0390. The van der Waals surface area contributed by atoms with Gasteiger partial charge in [-0.3, -0.25) is 0 Å². The normalized spacial score (nSPS) is 12.2. The summed E-state index contributed by atoms with van der Waals surface area (Å²) in [6.07, 6.45) is 3.91. The minimum absolute atomic E-state index is 0.261. The molecule has 0 aromatic heterocycles. The van der Waals surface area contributed by atoms with E-state index in [9.17, 15) is 13.0 Å². The first-order valence-corrected chi connectivity index (χ1v) is 24.7. The third-order valence-electron chi connectivity index (χ3n) is 11.0. The topological polar surface area (TPSA) is 76.6 Å². The van der Waals surface area contributed by atoms with Gasteiger partial charge in [0.2, 0.25) is 11.0 Å². The summed E-state index contributed by atoms with van der Waals surface area (Å²) in [5, 5.41) is 1.67. The van der Waals surface area contributed by atoms with Crippen LogP contribution in [0.4, 0.5) is 17.1 Å². The number of hydrogen-bond donors (Lipinski definition) is 0. The zero-order chi connectivity index (χ0) is 42.9. The maximum atomic E-state index is 12.9. The van der Waals surface area contributed by atoms with Gasteiger partial charge in [-0.05, 0) is 73.0 Å². The number of rotatable bonds is 17. The van der Waals surface area contributed by atoms with Crippen LogP contribution in [-0.4, -0.2) is 37.6 Å². The molecule has 0 N–H and O–H groups in total. The maximum Gasteiger partial charge on any atom is 0.209 e. The van der Waals surface area contributed by atoms with Crippen molar-refractivity contribution in [2.75, 3.05) is 29.5 Å². The van der Waals surface area contributed by atoms with E-state index in [0.717, 1.165) is 83.6 Å². The van der Waals surface area contributed by atoms with Gasteiger partial charge in [0, 0.05) is 79.3 Å². The van der Waals surface area contributed by atoms with Gasteiger partial charge in [-0.15, -0.1) is 23.5 Å².